The maximum absolute atomic E-state index is 13.2. The molecule has 3 aromatic carbocycles. The van der Waals surface area contributed by atoms with Crippen LogP contribution in [0, 0.1) is 5.41 Å². The lowest BCUT2D eigenvalue weighted by Gasteiger charge is -2.14. The Morgan fingerprint density at radius 3 is 2.68 bits per heavy atom. The number of aliphatic imine (C=N–C) groups is 1. The van der Waals surface area contributed by atoms with E-state index < -0.39 is 0 Å². The Bertz CT molecular complexity index is 1770. The first-order chi connectivity index (χ1) is 17.9. The highest BCUT2D eigenvalue weighted by molar-refractivity contribution is 6.00. The van der Waals surface area contributed by atoms with Crippen LogP contribution in [0.1, 0.15) is 16.8 Å². The van der Waals surface area contributed by atoms with E-state index in [4.69, 9.17) is 15.9 Å². The number of rotatable bonds is 6. The smallest absolute Gasteiger partial charge is 0.329 e. The first kappa shape index (κ1) is 22.7. The Morgan fingerprint density at radius 1 is 1.05 bits per heavy atom. The van der Waals surface area contributed by atoms with Gasteiger partial charge in [0.15, 0.2) is 0 Å². The molecule has 0 saturated carbocycles. The molecule has 4 N–H and O–H groups in total. The van der Waals surface area contributed by atoms with Crippen LogP contribution in [0.4, 0.5) is 0 Å². The SMILES string of the molecule is CN1CCN=C1c1cccc(Oc2ccc3c(c2)n(Cc2cc4cc(C(=N)N)ccc4[nH]2)c(=O)n3C)c1. The third kappa shape index (κ3) is 4.04. The lowest BCUT2D eigenvalue weighted by Crippen LogP contribution is -2.23. The number of aromatic amines is 1. The van der Waals surface area contributed by atoms with Crippen molar-refractivity contribution in [3.63, 3.8) is 0 Å². The van der Waals surface area contributed by atoms with Gasteiger partial charge >= 0.3 is 5.69 Å². The van der Waals surface area contributed by atoms with E-state index in [1.54, 1.807) is 16.2 Å². The number of aryl methyl sites for hydroxylation is 1. The van der Waals surface area contributed by atoms with Crippen molar-refractivity contribution < 1.29 is 4.74 Å². The van der Waals surface area contributed by atoms with Crippen LogP contribution in [0.15, 0.2) is 76.5 Å². The number of likely N-dealkylation sites (N-methyl/N-ethyl adjacent to an activating group) is 1. The Hall–Kier alpha value is -4.79. The largest absolute Gasteiger partial charge is 0.457 e. The molecule has 9 nitrogen and oxygen atoms in total. The van der Waals surface area contributed by atoms with Crippen molar-refractivity contribution in [3.05, 3.63) is 94.0 Å². The Morgan fingerprint density at radius 2 is 1.89 bits per heavy atom. The van der Waals surface area contributed by atoms with Gasteiger partial charge in [-0.3, -0.25) is 19.5 Å². The van der Waals surface area contributed by atoms with Crippen LogP contribution in [-0.4, -0.2) is 50.8 Å². The molecule has 0 bridgehead atoms. The number of H-pyrrole nitrogens is 1. The van der Waals surface area contributed by atoms with Crippen LogP contribution in [0.3, 0.4) is 0 Å². The average molecular weight is 494 g/mol. The van der Waals surface area contributed by atoms with E-state index in [0.717, 1.165) is 52.1 Å². The molecular weight excluding hydrogens is 466 g/mol. The number of nitrogen functional groups attached to an aromatic ring is 1. The molecule has 1 aliphatic rings. The third-order valence-corrected chi connectivity index (χ3v) is 6.82. The molecular formula is C28H27N7O2. The predicted molar refractivity (Wildman–Crippen MR) is 146 cm³/mol. The lowest BCUT2D eigenvalue weighted by molar-refractivity contribution is 0.482. The first-order valence-corrected chi connectivity index (χ1v) is 12.1. The van der Waals surface area contributed by atoms with E-state index in [1.807, 2.05) is 73.8 Å². The van der Waals surface area contributed by atoms with Crippen molar-refractivity contribution in [2.45, 2.75) is 6.54 Å². The van der Waals surface area contributed by atoms with Crippen LogP contribution in [0.25, 0.3) is 21.9 Å². The number of imidazole rings is 1. The van der Waals surface area contributed by atoms with E-state index in [-0.39, 0.29) is 11.5 Å². The first-order valence-electron chi connectivity index (χ1n) is 12.1. The molecule has 0 spiro atoms. The van der Waals surface area contributed by atoms with Gasteiger partial charge in [0, 0.05) is 54.4 Å². The quantitative estimate of drug-likeness (QED) is 0.247. The molecule has 0 unspecified atom stereocenters. The van der Waals surface area contributed by atoms with Crippen molar-refractivity contribution in [3.8, 4) is 11.5 Å². The van der Waals surface area contributed by atoms with Crippen molar-refractivity contribution in [1.29, 1.82) is 5.41 Å². The number of amidine groups is 2. The molecule has 2 aromatic heterocycles. The average Bonchev–Trinajstić information content (AvgIpc) is 3.56. The Kier molecular flexibility index (Phi) is 5.33. The maximum atomic E-state index is 13.2. The summed E-state index contributed by atoms with van der Waals surface area (Å²) in [6.07, 6.45) is 0. The van der Waals surface area contributed by atoms with Crippen LogP contribution < -0.4 is 16.2 Å². The summed E-state index contributed by atoms with van der Waals surface area (Å²) in [4.78, 5) is 23.3. The summed E-state index contributed by atoms with van der Waals surface area (Å²) in [5, 5.41) is 8.62. The number of hydrogen-bond donors (Lipinski definition) is 3. The summed E-state index contributed by atoms with van der Waals surface area (Å²) in [5.74, 6) is 2.35. The van der Waals surface area contributed by atoms with E-state index in [0.29, 0.717) is 23.6 Å². The zero-order chi connectivity index (χ0) is 25.7. The van der Waals surface area contributed by atoms with Gasteiger partial charge in [0.2, 0.25) is 0 Å². The molecule has 0 saturated heterocycles. The number of benzene rings is 3. The molecule has 0 fully saturated rings. The standard InChI is InChI=1S/C28H27N7O2/c1-33-11-10-31-27(33)18-4-3-5-21(14-18)37-22-7-9-24-25(15-22)35(28(36)34(24)2)16-20-13-19-12-17(26(29)30)6-8-23(19)32-20/h3-9,12-15,32H,10-11,16H2,1-2H3,(H3,29,30). The molecule has 5 aromatic rings. The summed E-state index contributed by atoms with van der Waals surface area (Å²) in [6, 6.07) is 21.2. The Balaban J connectivity index is 1.33. The minimum atomic E-state index is -0.112. The van der Waals surface area contributed by atoms with Gasteiger partial charge in [-0.05, 0) is 48.5 Å². The van der Waals surface area contributed by atoms with Crippen LogP contribution in [-0.2, 0) is 13.6 Å². The molecule has 9 heteroatoms. The minimum Gasteiger partial charge on any atom is -0.457 e. The summed E-state index contributed by atoms with van der Waals surface area (Å²) in [6.45, 7) is 2.08. The molecule has 6 rings (SSSR count). The number of fused-ring (bicyclic) bond motifs is 2. The highest BCUT2D eigenvalue weighted by Crippen LogP contribution is 2.27. The summed E-state index contributed by atoms with van der Waals surface area (Å²) in [7, 11) is 3.81. The van der Waals surface area contributed by atoms with Crippen molar-refractivity contribution in [2.24, 2.45) is 17.8 Å². The van der Waals surface area contributed by atoms with E-state index in [9.17, 15) is 4.79 Å². The molecule has 37 heavy (non-hydrogen) atoms. The summed E-state index contributed by atoms with van der Waals surface area (Å²) >= 11 is 0. The molecule has 0 aliphatic carbocycles. The second-order valence-corrected chi connectivity index (χ2v) is 9.35. The second-order valence-electron chi connectivity index (χ2n) is 9.35. The maximum Gasteiger partial charge on any atom is 0.329 e. The molecule has 0 amide bonds. The van der Waals surface area contributed by atoms with Crippen molar-refractivity contribution in [2.75, 3.05) is 20.1 Å². The van der Waals surface area contributed by atoms with Gasteiger partial charge in [0.1, 0.15) is 23.2 Å². The van der Waals surface area contributed by atoms with Gasteiger partial charge < -0.3 is 20.4 Å². The fraction of sp³-hybridized carbons (Fsp3) is 0.179. The van der Waals surface area contributed by atoms with Gasteiger partial charge in [0.25, 0.3) is 0 Å². The van der Waals surface area contributed by atoms with E-state index in [2.05, 4.69) is 14.9 Å². The fourth-order valence-corrected chi connectivity index (χ4v) is 4.90. The van der Waals surface area contributed by atoms with Crippen LogP contribution in [0.5, 0.6) is 11.5 Å². The van der Waals surface area contributed by atoms with Crippen molar-refractivity contribution >= 4 is 33.6 Å². The lowest BCUT2D eigenvalue weighted by atomic mass is 10.1. The zero-order valence-corrected chi connectivity index (χ0v) is 20.7. The predicted octanol–water partition coefficient (Wildman–Crippen LogP) is 3.64. The highest BCUT2D eigenvalue weighted by atomic mass is 16.5. The van der Waals surface area contributed by atoms with E-state index in [1.165, 1.54) is 0 Å². The summed E-state index contributed by atoms with van der Waals surface area (Å²) < 4.78 is 9.60. The highest BCUT2D eigenvalue weighted by Gasteiger charge is 2.16. The van der Waals surface area contributed by atoms with Gasteiger partial charge in [-0.25, -0.2) is 4.79 Å². The molecule has 0 radical (unpaired) electrons. The normalized spacial score (nSPS) is 13.5. The number of nitrogens with zero attached hydrogens (tertiary/aromatic N) is 4. The number of hydrogen-bond acceptors (Lipinski definition) is 5. The number of nitrogens with one attached hydrogen (secondary N) is 2. The second kappa shape index (κ2) is 8.70. The van der Waals surface area contributed by atoms with Crippen molar-refractivity contribution in [1.82, 2.24) is 19.0 Å². The van der Waals surface area contributed by atoms with Gasteiger partial charge in [-0.15, -0.1) is 0 Å². The van der Waals surface area contributed by atoms with Crippen LogP contribution in [0.2, 0.25) is 0 Å². The number of nitrogens with two attached hydrogens (primary N) is 1. The number of ether oxygens (including phenoxy) is 1. The summed E-state index contributed by atoms with van der Waals surface area (Å²) in [5.41, 5.74) is 10.6. The molecule has 3 heterocycles. The monoisotopic (exact) mass is 493 g/mol. The molecule has 186 valence electrons. The molecule has 0 atom stereocenters. The van der Waals surface area contributed by atoms with Gasteiger partial charge in [0.05, 0.1) is 24.1 Å². The van der Waals surface area contributed by atoms with Gasteiger partial charge in [-0.1, -0.05) is 12.1 Å². The Labute approximate surface area is 212 Å². The van der Waals surface area contributed by atoms with Crippen LogP contribution >= 0.6 is 0 Å². The third-order valence-electron chi connectivity index (χ3n) is 6.82. The minimum absolute atomic E-state index is 0.0243. The zero-order valence-electron chi connectivity index (χ0n) is 20.7. The van der Waals surface area contributed by atoms with E-state index >= 15 is 0 Å². The number of aromatic nitrogens is 3. The van der Waals surface area contributed by atoms with Gasteiger partial charge in [-0.2, -0.15) is 0 Å². The fourth-order valence-electron chi connectivity index (χ4n) is 4.90. The topological polar surface area (TPSA) is 117 Å². The molecule has 1 aliphatic heterocycles.